The average molecular weight is 518 g/mol. The Balaban J connectivity index is 1.30. The molecule has 0 bridgehead atoms. The van der Waals surface area contributed by atoms with Crippen LogP contribution in [0.4, 0.5) is 0 Å². The summed E-state index contributed by atoms with van der Waals surface area (Å²) in [7, 11) is -4.18. The van der Waals surface area contributed by atoms with Crippen LogP contribution in [0.3, 0.4) is 0 Å². The number of carbonyl (C=O) groups excluding carboxylic acids is 2. The molecule has 2 heterocycles. The Labute approximate surface area is 207 Å². The Kier molecular flexibility index (Phi) is 7.19. The fourth-order valence-corrected chi connectivity index (χ4v) is 4.86. The van der Waals surface area contributed by atoms with Gasteiger partial charge in [-0.05, 0) is 61.9 Å². The number of amides is 2. The molecule has 2 amide bonds. The van der Waals surface area contributed by atoms with E-state index in [-0.39, 0.29) is 17.7 Å². The number of rotatable bonds is 5. The van der Waals surface area contributed by atoms with Crippen LogP contribution < -0.4 is 10.0 Å². The molecule has 0 unspecified atom stereocenters. The number of nitrogens with zero attached hydrogens (tertiary/aromatic N) is 1. The smallest absolute Gasteiger partial charge is 0.297 e. The highest BCUT2D eigenvalue weighted by Crippen LogP contribution is 2.25. The van der Waals surface area contributed by atoms with Crippen molar-refractivity contribution in [3.63, 3.8) is 0 Å². The number of fused-ring (bicyclic) bond motifs is 1. The second-order valence-electron chi connectivity index (χ2n) is 8.67. The highest BCUT2D eigenvalue weighted by molar-refractivity contribution is 7.89. The van der Waals surface area contributed by atoms with Crippen molar-refractivity contribution in [3.05, 3.63) is 47.0 Å². The first-order valence-corrected chi connectivity index (χ1v) is 13.0. The highest BCUT2D eigenvalue weighted by atomic mass is 35.5. The molecule has 35 heavy (non-hydrogen) atoms. The summed E-state index contributed by atoms with van der Waals surface area (Å²) in [6.45, 7) is 3.14. The molecule has 9 nitrogen and oxygen atoms in total. The number of benzene rings is 1. The zero-order valence-electron chi connectivity index (χ0n) is 19.1. The van der Waals surface area contributed by atoms with E-state index in [1.807, 2.05) is 4.72 Å². The van der Waals surface area contributed by atoms with Crippen molar-refractivity contribution in [1.29, 1.82) is 0 Å². The third kappa shape index (κ3) is 6.05. The summed E-state index contributed by atoms with van der Waals surface area (Å²) in [4.78, 5) is 28.6. The Morgan fingerprint density at radius 2 is 1.86 bits per heavy atom. The van der Waals surface area contributed by atoms with E-state index in [4.69, 9.17) is 20.4 Å². The predicted molar refractivity (Wildman–Crippen MR) is 128 cm³/mol. The number of aromatic nitrogens is 1. The van der Waals surface area contributed by atoms with Crippen LogP contribution in [0.25, 0.3) is 11.1 Å². The topological polar surface area (TPSA) is 132 Å². The van der Waals surface area contributed by atoms with Gasteiger partial charge in [0.2, 0.25) is 11.0 Å². The number of nitrogens with one attached hydrogen (secondary N) is 2. The number of sulfonamides is 1. The molecule has 2 N–H and O–H groups in total. The molecule has 0 atom stereocenters. The minimum Gasteiger partial charge on any atom is -0.438 e. The average Bonchev–Trinajstić information content (AvgIpc) is 3.46. The first-order valence-electron chi connectivity index (χ1n) is 11.2. The molecule has 1 aliphatic carbocycles. The third-order valence-electron chi connectivity index (χ3n) is 5.62. The number of carbonyl (C=O) groups is 2. The van der Waals surface area contributed by atoms with Crippen LogP contribution in [-0.2, 0) is 14.8 Å². The molecule has 0 saturated heterocycles. The number of hydrogen-bond acceptors (Lipinski definition) is 7. The summed E-state index contributed by atoms with van der Waals surface area (Å²) in [5.74, 6) is 4.83. The molecule has 2 aromatic heterocycles. The van der Waals surface area contributed by atoms with Gasteiger partial charge < -0.3 is 14.2 Å². The largest absolute Gasteiger partial charge is 0.438 e. The highest BCUT2D eigenvalue weighted by Gasteiger charge is 2.26. The summed E-state index contributed by atoms with van der Waals surface area (Å²) in [5, 5.41) is 2.96. The van der Waals surface area contributed by atoms with Crippen molar-refractivity contribution in [2.45, 2.75) is 50.7 Å². The van der Waals surface area contributed by atoms with Crippen LogP contribution in [-0.4, -0.2) is 31.3 Å². The number of furan rings is 1. The molecule has 1 aromatic carbocycles. The van der Waals surface area contributed by atoms with Crippen LogP contribution in [0.5, 0.6) is 0 Å². The van der Waals surface area contributed by atoms with Gasteiger partial charge in [0.15, 0.2) is 11.3 Å². The van der Waals surface area contributed by atoms with Crippen molar-refractivity contribution in [1.82, 2.24) is 15.0 Å². The number of oxazole rings is 1. The van der Waals surface area contributed by atoms with Crippen LogP contribution in [0, 0.1) is 23.7 Å². The van der Waals surface area contributed by atoms with E-state index in [0.717, 1.165) is 18.9 Å². The lowest BCUT2D eigenvalue weighted by molar-refractivity contribution is -0.122. The predicted octanol–water partition coefficient (Wildman–Crippen LogP) is 3.88. The maximum Gasteiger partial charge on any atom is 0.297 e. The summed E-state index contributed by atoms with van der Waals surface area (Å²) in [6.07, 6.45) is 2.99. The van der Waals surface area contributed by atoms with Gasteiger partial charge in [0.1, 0.15) is 5.52 Å². The number of halogens is 1. The van der Waals surface area contributed by atoms with Gasteiger partial charge in [-0.2, -0.15) is 8.42 Å². The van der Waals surface area contributed by atoms with Gasteiger partial charge >= 0.3 is 0 Å². The lowest BCUT2D eigenvalue weighted by Gasteiger charge is -2.26. The van der Waals surface area contributed by atoms with E-state index in [2.05, 4.69) is 22.1 Å². The second kappa shape index (κ2) is 10.1. The van der Waals surface area contributed by atoms with E-state index in [0.29, 0.717) is 34.9 Å². The Morgan fingerprint density at radius 3 is 2.57 bits per heavy atom. The van der Waals surface area contributed by atoms with Gasteiger partial charge in [0, 0.05) is 22.9 Å². The lowest BCUT2D eigenvalue weighted by atomic mass is 9.86. The van der Waals surface area contributed by atoms with E-state index in [1.165, 1.54) is 6.07 Å². The molecule has 184 valence electrons. The van der Waals surface area contributed by atoms with Gasteiger partial charge in [0.05, 0.1) is 0 Å². The van der Waals surface area contributed by atoms with Crippen molar-refractivity contribution in [3.8, 4) is 11.8 Å². The first-order chi connectivity index (χ1) is 16.6. The van der Waals surface area contributed by atoms with Gasteiger partial charge in [-0.15, -0.1) is 0 Å². The minimum absolute atomic E-state index is 0.0854. The van der Waals surface area contributed by atoms with E-state index in [9.17, 15) is 18.0 Å². The first kappa shape index (κ1) is 24.8. The minimum atomic E-state index is -4.18. The molecule has 3 aromatic rings. The molecular weight excluding hydrogens is 494 g/mol. The molecule has 0 spiro atoms. The zero-order valence-corrected chi connectivity index (χ0v) is 20.7. The van der Waals surface area contributed by atoms with Gasteiger partial charge in [0.25, 0.3) is 21.8 Å². The summed E-state index contributed by atoms with van der Waals surface area (Å²) >= 11 is 5.97. The SMILES string of the molecule is CC(C)C(=O)NS(=O)(=O)c1ccc(C(=O)NC2CCC(C#Cc3nc4cc(Cl)ccc4o3)CC2)o1. The van der Waals surface area contributed by atoms with Crippen LogP contribution in [0.2, 0.25) is 5.02 Å². The standard InChI is InChI=1S/C24H24ClN3O6S/c1-14(2)23(29)28-35(31,32)22-12-10-20(34-22)24(30)26-17-7-3-15(4-8-17)5-11-21-27-18-13-16(25)6-9-19(18)33-21/h6,9-10,12-15,17H,3-4,7-8H2,1-2H3,(H,26,30)(H,28,29). The Morgan fingerprint density at radius 1 is 1.11 bits per heavy atom. The summed E-state index contributed by atoms with van der Waals surface area (Å²) in [6, 6.07) is 7.54. The maximum atomic E-state index is 12.5. The van der Waals surface area contributed by atoms with Crippen molar-refractivity contribution in [2.75, 3.05) is 0 Å². The normalized spacial score (nSPS) is 18.2. The van der Waals surface area contributed by atoms with Gasteiger partial charge in [-0.3, -0.25) is 9.59 Å². The van der Waals surface area contributed by atoms with Crippen LogP contribution >= 0.6 is 11.6 Å². The van der Waals surface area contributed by atoms with Crippen molar-refractivity contribution < 1.29 is 26.8 Å². The molecule has 0 aliphatic heterocycles. The second-order valence-corrected chi connectivity index (χ2v) is 10.7. The number of hydrogen-bond donors (Lipinski definition) is 2. The summed E-state index contributed by atoms with van der Waals surface area (Å²) < 4.78 is 37.3. The van der Waals surface area contributed by atoms with E-state index < -0.39 is 32.8 Å². The fraction of sp³-hybridized carbons (Fsp3) is 0.375. The molecule has 4 rings (SSSR count). The molecule has 0 radical (unpaired) electrons. The van der Waals surface area contributed by atoms with E-state index >= 15 is 0 Å². The van der Waals surface area contributed by atoms with Gasteiger partial charge in [-0.25, -0.2) is 9.71 Å². The molecular formula is C24H24ClN3O6S. The molecule has 11 heteroatoms. The Bertz CT molecular complexity index is 1420. The van der Waals surface area contributed by atoms with E-state index in [1.54, 1.807) is 32.0 Å². The maximum absolute atomic E-state index is 12.5. The quantitative estimate of drug-likeness (QED) is 0.491. The van der Waals surface area contributed by atoms with Crippen molar-refractivity contribution >= 4 is 44.5 Å². The van der Waals surface area contributed by atoms with Crippen molar-refractivity contribution in [2.24, 2.45) is 11.8 Å². The molecule has 1 aliphatic rings. The van der Waals surface area contributed by atoms with Crippen LogP contribution in [0.1, 0.15) is 56.0 Å². The third-order valence-corrected chi connectivity index (χ3v) is 7.08. The molecule has 1 fully saturated rings. The summed E-state index contributed by atoms with van der Waals surface area (Å²) in [5.41, 5.74) is 1.28. The van der Waals surface area contributed by atoms with Gasteiger partial charge in [-0.1, -0.05) is 31.4 Å². The Hall–Kier alpha value is -3.29. The fourth-order valence-electron chi connectivity index (χ4n) is 3.64. The molecule has 1 saturated carbocycles. The monoisotopic (exact) mass is 517 g/mol. The van der Waals surface area contributed by atoms with Crippen LogP contribution in [0.15, 0.2) is 44.3 Å². The zero-order chi connectivity index (χ0) is 25.2. The lowest BCUT2D eigenvalue weighted by Crippen LogP contribution is -2.37.